The topological polar surface area (TPSA) is 97.3 Å². The second-order valence-corrected chi connectivity index (χ2v) is 5.79. The van der Waals surface area contributed by atoms with Crippen LogP contribution in [0.1, 0.15) is 46.0 Å². The summed E-state index contributed by atoms with van der Waals surface area (Å²) in [5, 5.41) is 21.2. The van der Waals surface area contributed by atoms with Crippen molar-refractivity contribution in [2.45, 2.75) is 46.0 Å². The van der Waals surface area contributed by atoms with Crippen molar-refractivity contribution in [1.82, 2.24) is 0 Å². The Bertz CT molecular complexity index is 418. The van der Waals surface area contributed by atoms with Crippen molar-refractivity contribution in [3.63, 3.8) is 0 Å². The molecule has 0 aromatic heterocycles. The minimum Gasteiger partial charge on any atom is -0.550 e. The Kier molecular flexibility index (Phi) is 13.2. The van der Waals surface area contributed by atoms with Gasteiger partial charge in [-0.15, -0.1) is 0 Å². The summed E-state index contributed by atoms with van der Waals surface area (Å²) in [6.45, 7) is 3.95. The van der Waals surface area contributed by atoms with Crippen molar-refractivity contribution in [3.8, 4) is 0 Å². The average molecular weight is 326 g/mol. The van der Waals surface area contributed by atoms with E-state index < -0.39 is 17.9 Å². The molecular weight excluding hydrogens is 306 g/mol. The number of carboxylic acid groups (broad SMARTS) is 2. The van der Waals surface area contributed by atoms with E-state index in [4.69, 9.17) is 0 Å². The molecule has 2 unspecified atom stereocenters. The first-order valence-corrected chi connectivity index (χ1v) is 6.92. The van der Waals surface area contributed by atoms with Gasteiger partial charge >= 0.3 is 59.1 Å². The van der Waals surface area contributed by atoms with Crippen LogP contribution in [0.3, 0.4) is 0 Å². The maximum absolute atomic E-state index is 12.0. The van der Waals surface area contributed by atoms with Crippen LogP contribution < -0.4 is 69.3 Å². The smallest absolute Gasteiger partial charge is 0.550 e. The Balaban J connectivity index is 0. The van der Waals surface area contributed by atoms with Gasteiger partial charge in [0.05, 0.1) is 0 Å². The SMILES string of the molecule is CC1CC(=CCC(CC(=O)[O-])CC(=O)[O-])C(=O)C(C)C1.[Na+].[Na+]. The van der Waals surface area contributed by atoms with E-state index >= 15 is 0 Å². The maximum Gasteiger partial charge on any atom is 1.00 e. The van der Waals surface area contributed by atoms with Gasteiger partial charge < -0.3 is 19.8 Å². The van der Waals surface area contributed by atoms with Gasteiger partial charge in [-0.3, -0.25) is 4.79 Å². The molecule has 1 aliphatic carbocycles. The van der Waals surface area contributed by atoms with Crippen molar-refractivity contribution >= 4 is 17.7 Å². The number of Topliss-reactive ketones (excluding diaryl/α,β-unsaturated/α-hetero) is 1. The molecule has 0 amide bonds. The standard InChI is InChI=1S/C15H22O5.2Na/c1-9-5-10(2)15(20)12(6-9)4-3-11(7-13(16)17)8-14(18)19;;/h4,9-11H,3,5-8H2,1-2H3,(H,16,17)(H,18,19);;/q;2*+1/p-2. The van der Waals surface area contributed by atoms with Crippen molar-refractivity contribution < 1.29 is 83.7 Å². The normalized spacial score (nSPS) is 22.9. The molecule has 112 valence electrons. The summed E-state index contributed by atoms with van der Waals surface area (Å²) in [6, 6.07) is 0. The molecule has 0 N–H and O–H groups in total. The Morgan fingerprint density at radius 2 is 1.68 bits per heavy atom. The van der Waals surface area contributed by atoms with Gasteiger partial charge in [-0.25, -0.2) is 0 Å². The third-order valence-corrected chi connectivity index (χ3v) is 3.70. The molecule has 22 heavy (non-hydrogen) atoms. The molecule has 7 heteroatoms. The second kappa shape index (κ2) is 11.8. The van der Waals surface area contributed by atoms with Gasteiger partial charge in [-0.05, 0) is 49.5 Å². The maximum atomic E-state index is 12.0. The number of aliphatic carboxylic acids is 2. The molecule has 0 heterocycles. The Hall–Kier alpha value is 0.350. The number of rotatable bonds is 6. The zero-order valence-corrected chi connectivity index (χ0v) is 17.9. The molecular formula is C15H20Na2O5. The van der Waals surface area contributed by atoms with Crippen LogP contribution in [-0.4, -0.2) is 17.7 Å². The van der Waals surface area contributed by atoms with Crippen LogP contribution in [0.4, 0.5) is 0 Å². The minimum atomic E-state index is -1.29. The van der Waals surface area contributed by atoms with Crippen LogP contribution in [0, 0.1) is 17.8 Å². The fourth-order valence-corrected chi connectivity index (χ4v) is 2.79. The molecule has 0 aromatic rings. The summed E-state index contributed by atoms with van der Waals surface area (Å²) in [5.74, 6) is -2.68. The van der Waals surface area contributed by atoms with Gasteiger partial charge in [0.2, 0.25) is 0 Å². The number of hydrogen-bond donors (Lipinski definition) is 0. The van der Waals surface area contributed by atoms with E-state index in [1.165, 1.54) is 0 Å². The molecule has 1 saturated carbocycles. The first kappa shape index (κ1) is 24.6. The Labute approximate surface area is 175 Å². The molecule has 0 aliphatic heterocycles. The second-order valence-electron chi connectivity index (χ2n) is 5.79. The summed E-state index contributed by atoms with van der Waals surface area (Å²) < 4.78 is 0. The molecule has 5 nitrogen and oxygen atoms in total. The van der Waals surface area contributed by atoms with E-state index in [0.717, 1.165) is 6.42 Å². The van der Waals surface area contributed by atoms with E-state index in [-0.39, 0.29) is 90.1 Å². The zero-order valence-electron chi connectivity index (χ0n) is 13.9. The molecule has 0 spiro atoms. The monoisotopic (exact) mass is 326 g/mol. The number of hydrogen-bond acceptors (Lipinski definition) is 5. The first-order valence-electron chi connectivity index (χ1n) is 6.92. The predicted octanol–water partition coefficient (Wildman–Crippen LogP) is -6.16. The van der Waals surface area contributed by atoms with E-state index in [9.17, 15) is 24.6 Å². The summed E-state index contributed by atoms with van der Waals surface area (Å²) in [6.07, 6.45) is 2.81. The van der Waals surface area contributed by atoms with Crippen LogP contribution >= 0.6 is 0 Å². The van der Waals surface area contributed by atoms with Crippen molar-refractivity contribution in [2.75, 3.05) is 0 Å². The van der Waals surface area contributed by atoms with Crippen LogP contribution in [0.15, 0.2) is 11.6 Å². The van der Waals surface area contributed by atoms with Crippen LogP contribution in [0.25, 0.3) is 0 Å². The zero-order chi connectivity index (χ0) is 15.3. The molecule has 1 fully saturated rings. The van der Waals surface area contributed by atoms with Crippen LogP contribution in [0.5, 0.6) is 0 Å². The van der Waals surface area contributed by atoms with Gasteiger partial charge in [0.15, 0.2) is 5.78 Å². The number of allylic oxidation sites excluding steroid dienone is 2. The average Bonchev–Trinajstić information content (AvgIpc) is 2.30. The first-order chi connectivity index (χ1) is 9.29. The van der Waals surface area contributed by atoms with Gasteiger partial charge in [0.1, 0.15) is 0 Å². The van der Waals surface area contributed by atoms with Crippen LogP contribution in [-0.2, 0) is 14.4 Å². The Morgan fingerprint density at radius 3 is 2.14 bits per heavy atom. The van der Waals surface area contributed by atoms with Crippen molar-refractivity contribution in [2.24, 2.45) is 17.8 Å². The largest absolute Gasteiger partial charge is 1.00 e. The molecule has 0 radical (unpaired) electrons. The van der Waals surface area contributed by atoms with E-state index in [1.54, 1.807) is 6.08 Å². The third-order valence-electron chi connectivity index (χ3n) is 3.70. The number of ketones is 1. The third kappa shape index (κ3) is 8.85. The van der Waals surface area contributed by atoms with Crippen molar-refractivity contribution in [3.05, 3.63) is 11.6 Å². The van der Waals surface area contributed by atoms with Gasteiger partial charge in [-0.1, -0.05) is 19.9 Å². The Morgan fingerprint density at radius 1 is 1.18 bits per heavy atom. The minimum absolute atomic E-state index is 0. The van der Waals surface area contributed by atoms with E-state index in [2.05, 4.69) is 6.92 Å². The molecule has 0 aromatic carbocycles. The summed E-state index contributed by atoms with van der Waals surface area (Å²) in [5.41, 5.74) is 0.693. The molecule has 1 rings (SSSR count). The number of carbonyl (C=O) groups is 3. The molecule has 0 bridgehead atoms. The van der Waals surface area contributed by atoms with E-state index in [0.29, 0.717) is 17.9 Å². The quantitative estimate of drug-likeness (QED) is 0.357. The van der Waals surface area contributed by atoms with Gasteiger partial charge in [-0.2, -0.15) is 0 Å². The van der Waals surface area contributed by atoms with Crippen LogP contribution in [0.2, 0.25) is 0 Å². The van der Waals surface area contributed by atoms with Crippen molar-refractivity contribution in [1.29, 1.82) is 0 Å². The van der Waals surface area contributed by atoms with Gasteiger partial charge in [0.25, 0.3) is 0 Å². The van der Waals surface area contributed by atoms with E-state index in [1.807, 2.05) is 6.92 Å². The molecule has 2 atom stereocenters. The number of carboxylic acids is 2. The fraction of sp³-hybridized carbons (Fsp3) is 0.667. The summed E-state index contributed by atoms with van der Waals surface area (Å²) >= 11 is 0. The summed E-state index contributed by atoms with van der Waals surface area (Å²) in [4.78, 5) is 33.2. The fourth-order valence-electron chi connectivity index (χ4n) is 2.79. The van der Waals surface area contributed by atoms with Gasteiger partial charge in [0, 0.05) is 17.9 Å². The summed E-state index contributed by atoms with van der Waals surface area (Å²) in [7, 11) is 0. The predicted molar refractivity (Wildman–Crippen MR) is 68.0 cm³/mol. The molecule has 0 saturated heterocycles. The molecule has 1 aliphatic rings. The number of carbonyl (C=O) groups excluding carboxylic acids is 3.